The highest BCUT2D eigenvalue weighted by atomic mass is 16.5. The molecule has 3 rings (SSSR count). The summed E-state index contributed by atoms with van der Waals surface area (Å²) in [5.41, 5.74) is 4.10. The molecule has 1 unspecified atom stereocenters. The summed E-state index contributed by atoms with van der Waals surface area (Å²) >= 11 is 0. The molecule has 2 aromatic carbocycles. The third-order valence-corrected chi connectivity index (χ3v) is 3.93. The second kappa shape index (κ2) is 6.00. The molecule has 0 fully saturated rings. The molecule has 0 aliphatic carbocycles. The van der Waals surface area contributed by atoms with Gasteiger partial charge in [-0.2, -0.15) is 0 Å². The minimum absolute atomic E-state index is 0.232. The van der Waals surface area contributed by atoms with E-state index in [2.05, 4.69) is 29.6 Å². The summed E-state index contributed by atoms with van der Waals surface area (Å²) in [6.07, 6.45) is 0.862. The molecule has 3 nitrogen and oxygen atoms in total. The third-order valence-electron chi connectivity index (χ3n) is 3.93. The van der Waals surface area contributed by atoms with E-state index in [0.29, 0.717) is 18.1 Å². The Kier molecular flexibility index (Phi) is 3.91. The molecule has 1 aliphatic heterocycles. The van der Waals surface area contributed by atoms with E-state index in [1.165, 1.54) is 5.56 Å². The molecule has 21 heavy (non-hydrogen) atoms. The van der Waals surface area contributed by atoms with Gasteiger partial charge in [0, 0.05) is 18.2 Å². The average molecular weight is 281 g/mol. The SMILES string of the molecule is CCOC(=O)c1cccc2c1CC(c1ccccc1)CN2. The summed E-state index contributed by atoms with van der Waals surface area (Å²) in [5.74, 6) is 0.152. The number of ether oxygens (including phenoxy) is 1. The Bertz CT molecular complexity index is 637. The Morgan fingerprint density at radius 2 is 2.00 bits per heavy atom. The van der Waals surface area contributed by atoms with Crippen LogP contribution in [0.1, 0.15) is 34.3 Å². The lowest BCUT2D eigenvalue weighted by Gasteiger charge is -2.28. The summed E-state index contributed by atoms with van der Waals surface area (Å²) in [4.78, 5) is 12.1. The van der Waals surface area contributed by atoms with Gasteiger partial charge < -0.3 is 10.1 Å². The van der Waals surface area contributed by atoms with E-state index >= 15 is 0 Å². The molecule has 0 radical (unpaired) electrons. The summed E-state index contributed by atoms with van der Waals surface area (Å²) in [5, 5.41) is 3.44. The van der Waals surface area contributed by atoms with Gasteiger partial charge in [0.05, 0.1) is 12.2 Å². The first-order valence-corrected chi connectivity index (χ1v) is 7.37. The maximum Gasteiger partial charge on any atom is 0.338 e. The number of hydrogen-bond acceptors (Lipinski definition) is 3. The van der Waals surface area contributed by atoms with E-state index in [1.807, 2.05) is 31.2 Å². The largest absolute Gasteiger partial charge is 0.462 e. The molecule has 0 aromatic heterocycles. The molecule has 0 amide bonds. The number of nitrogens with one attached hydrogen (secondary N) is 1. The number of esters is 1. The van der Waals surface area contributed by atoms with Gasteiger partial charge in [0.1, 0.15) is 0 Å². The summed E-state index contributed by atoms with van der Waals surface area (Å²) in [6.45, 7) is 3.12. The first-order chi connectivity index (χ1) is 10.3. The minimum atomic E-state index is -0.232. The van der Waals surface area contributed by atoms with Crippen molar-refractivity contribution in [3.05, 3.63) is 65.2 Å². The zero-order chi connectivity index (χ0) is 14.7. The van der Waals surface area contributed by atoms with Crippen LogP contribution in [0.5, 0.6) is 0 Å². The van der Waals surface area contributed by atoms with E-state index in [0.717, 1.165) is 24.2 Å². The average Bonchev–Trinajstić information content (AvgIpc) is 2.55. The molecule has 1 atom stereocenters. The number of carbonyl (C=O) groups is 1. The van der Waals surface area contributed by atoms with Crippen molar-refractivity contribution in [2.45, 2.75) is 19.3 Å². The number of hydrogen-bond donors (Lipinski definition) is 1. The van der Waals surface area contributed by atoms with Crippen molar-refractivity contribution in [3.8, 4) is 0 Å². The fourth-order valence-electron chi connectivity index (χ4n) is 2.89. The Balaban J connectivity index is 1.92. The van der Waals surface area contributed by atoms with E-state index in [-0.39, 0.29) is 5.97 Å². The van der Waals surface area contributed by atoms with Crippen molar-refractivity contribution in [3.63, 3.8) is 0 Å². The van der Waals surface area contributed by atoms with Gasteiger partial charge in [-0.25, -0.2) is 4.79 Å². The summed E-state index contributed by atoms with van der Waals surface area (Å²) < 4.78 is 5.17. The van der Waals surface area contributed by atoms with Crippen molar-refractivity contribution < 1.29 is 9.53 Å². The lowest BCUT2D eigenvalue weighted by Crippen LogP contribution is -2.24. The van der Waals surface area contributed by atoms with Gasteiger partial charge in [0.15, 0.2) is 0 Å². The van der Waals surface area contributed by atoms with E-state index in [4.69, 9.17) is 4.74 Å². The van der Waals surface area contributed by atoms with E-state index in [1.54, 1.807) is 0 Å². The molecule has 1 aliphatic rings. The van der Waals surface area contributed by atoms with Crippen LogP contribution < -0.4 is 5.32 Å². The quantitative estimate of drug-likeness (QED) is 0.873. The zero-order valence-electron chi connectivity index (χ0n) is 12.1. The molecule has 2 aromatic rings. The second-order valence-corrected chi connectivity index (χ2v) is 5.24. The number of benzene rings is 2. The topological polar surface area (TPSA) is 38.3 Å². The van der Waals surface area contributed by atoms with Crippen LogP contribution in [-0.4, -0.2) is 19.1 Å². The zero-order valence-corrected chi connectivity index (χ0v) is 12.1. The fourth-order valence-corrected chi connectivity index (χ4v) is 2.89. The predicted octanol–water partition coefficient (Wildman–Crippen LogP) is 3.62. The van der Waals surface area contributed by atoms with Crippen LogP contribution in [0, 0.1) is 0 Å². The highest BCUT2D eigenvalue weighted by Gasteiger charge is 2.24. The van der Waals surface area contributed by atoms with Crippen molar-refractivity contribution in [2.24, 2.45) is 0 Å². The molecule has 0 saturated heterocycles. The van der Waals surface area contributed by atoms with Crippen LogP contribution in [0.25, 0.3) is 0 Å². The highest BCUT2D eigenvalue weighted by Crippen LogP contribution is 2.32. The van der Waals surface area contributed by atoms with Crippen molar-refractivity contribution in [2.75, 3.05) is 18.5 Å². The van der Waals surface area contributed by atoms with Crippen LogP contribution >= 0.6 is 0 Å². The van der Waals surface area contributed by atoms with Crippen molar-refractivity contribution in [1.29, 1.82) is 0 Å². The van der Waals surface area contributed by atoms with Crippen LogP contribution in [0.3, 0.4) is 0 Å². The number of anilines is 1. The first-order valence-electron chi connectivity index (χ1n) is 7.37. The minimum Gasteiger partial charge on any atom is -0.462 e. The Morgan fingerprint density at radius 3 is 2.76 bits per heavy atom. The number of fused-ring (bicyclic) bond motifs is 1. The van der Waals surface area contributed by atoms with Crippen molar-refractivity contribution >= 4 is 11.7 Å². The normalized spacial score (nSPS) is 16.7. The molecular weight excluding hydrogens is 262 g/mol. The molecule has 0 spiro atoms. The van der Waals surface area contributed by atoms with Crippen LogP contribution in [-0.2, 0) is 11.2 Å². The maximum absolute atomic E-state index is 12.1. The van der Waals surface area contributed by atoms with Gasteiger partial charge in [-0.1, -0.05) is 36.4 Å². The number of carbonyl (C=O) groups excluding carboxylic acids is 1. The molecule has 108 valence electrons. The van der Waals surface area contributed by atoms with Gasteiger partial charge in [-0.05, 0) is 36.6 Å². The molecule has 0 saturated carbocycles. The Hall–Kier alpha value is -2.29. The Labute approximate surface area is 124 Å². The van der Waals surface area contributed by atoms with Crippen LogP contribution in [0.4, 0.5) is 5.69 Å². The lowest BCUT2D eigenvalue weighted by atomic mass is 9.86. The Morgan fingerprint density at radius 1 is 1.19 bits per heavy atom. The smallest absolute Gasteiger partial charge is 0.338 e. The lowest BCUT2D eigenvalue weighted by molar-refractivity contribution is 0.0525. The molecule has 1 N–H and O–H groups in total. The van der Waals surface area contributed by atoms with E-state index < -0.39 is 0 Å². The molecule has 3 heteroatoms. The first kappa shape index (κ1) is 13.7. The van der Waals surface area contributed by atoms with Gasteiger partial charge in [0.2, 0.25) is 0 Å². The molecule has 0 bridgehead atoms. The second-order valence-electron chi connectivity index (χ2n) is 5.24. The van der Waals surface area contributed by atoms with Gasteiger partial charge in [0.25, 0.3) is 0 Å². The predicted molar refractivity (Wildman–Crippen MR) is 83.8 cm³/mol. The molecule has 1 heterocycles. The van der Waals surface area contributed by atoms with Crippen LogP contribution in [0.2, 0.25) is 0 Å². The maximum atomic E-state index is 12.1. The summed E-state index contributed by atoms with van der Waals surface area (Å²) in [7, 11) is 0. The summed E-state index contributed by atoms with van der Waals surface area (Å²) in [6, 6.07) is 16.2. The van der Waals surface area contributed by atoms with Crippen LogP contribution in [0.15, 0.2) is 48.5 Å². The van der Waals surface area contributed by atoms with E-state index in [9.17, 15) is 4.79 Å². The van der Waals surface area contributed by atoms with Crippen molar-refractivity contribution in [1.82, 2.24) is 0 Å². The third kappa shape index (κ3) is 2.77. The fraction of sp³-hybridized carbons (Fsp3) is 0.278. The highest BCUT2D eigenvalue weighted by molar-refractivity contribution is 5.93. The monoisotopic (exact) mass is 281 g/mol. The van der Waals surface area contributed by atoms with Gasteiger partial charge >= 0.3 is 5.97 Å². The van der Waals surface area contributed by atoms with Gasteiger partial charge in [-0.15, -0.1) is 0 Å². The number of rotatable bonds is 3. The van der Waals surface area contributed by atoms with Gasteiger partial charge in [-0.3, -0.25) is 0 Å². The standard InChI is InChI=1S/C18H19NO2/c1-2-21-18(20)15-9-6-10-17-16(15)11-14(12-19-17)13-7-4-3-5-8-13/h3-10,14,19H,2,11-12H2,1H3. The molecular formula is C18H19NO2.